The van der Waals surface area contributed by atoms with Crippen LogP contribution in [-0.2, 0) is 0 Å². The Balaban J connectivity index is 1.83. The molecule has 3 rings (SSSR count). The summed E-state index contributed by atoms with van der Waals surface area (Å²) < 4.78 is 0. The quantitative estimate of drug-likeness (QED) is 0.757. The molecule has 2 aliphatic rings. The zero-order chi connectivity index (χ0) is 10.8. The molecule has 0 spiro atoms. The van der Waals surface area contributed by atoms with E-state index in [-0.39, 0.29) is 0 Å². The topological polar surface area (TPSA) is 12.0 Å². The summed E-state index contributed by atoms with van der Waals surface area (Å²) in [5, 5.41) is 3.72. The van der Waals surface area contributed by atoms with Crippen molar-refractivity contribution in [1.82, 2.24) is 5.32 Å². The fourth-order valence-corrected chi connectivity index (χ4v) is 3.65. The zero-order valence-corrected chi connectivity index (χ0v) is 9.86. The molecule has 3 unspecified atom stereocenters. The van der Waals surface area contributed by atoms with Crippen molar-refractivity contribution in [3.8, 4) is 0 Å². The number of piperidine rings is 1. The number of hydrogen-bond acceptors (Lipinski definition) is 1. The molecule has 1 heteroatoms. The van der Waals surface area contributed by atoms with Crippen molar-refractivity contribution in [1.29, 1.82) is 0 Å². The van der Waals surface area contributed by atoms with Crippen molar-refractivity contribution in [3.05, 3.63) is 35.9 Å². The molecule has 0 amide bonds. The van der Waals surface area contributed by atoms with Crippen LogP contribution in [0.25, 0.3) is 0 Å². The van der Waals surface area contributed by atoms with Gasteiger partial charge in [-0.1, -0.05) is 43.2 Å². The molecule has 1 N–H and O–H groups in total. The SMILES string of the molecule is c1ccc(C2CCNC3CCCCC32)cc1. The maximum absolute atomic E-state index is 3.72. The average Bonchev–Trinajstić information content (AvgIpc) is 2.39. The molecule has 0 aromatic heterocycles. The highest BCUT2D eigenvalue weighted by atomic mass is 14.9. The van der Waals surface area contributed by atoms with Gasteiger partial charge in [0.1, 0.15) is 0 Å². The van der Waals surface area contributed by atoms with Gasteiger partial charge in [-0.15, -0.1) is 0 Å². The molecular weight excluding hydrogens is 194 g/mol. The second kappa shape index (κ2) is 4.58. The molecule has 1 aliphatic heterocycles. The fraction of sp³-hybridized carbons (Fsp3) is 0.600. The lowest BCUT2D eigenvalue weighted by atomic mass is 9.70. The molecule has 0 radical (unpaired) electrons. The van der Waals surface area contributed by atoms with Crippen LogP contribution in [-0.4, -0.2) is 12.6 Å². The lowest BCUT2D eigenvalue weighted by Gasteiger charge is -2.42. The summed E-state index contributed by atoms with van der Waals surface area (Å²) >= 11 is 0. The summed E-state index contributed by atoms with van der Waals surface area (Å²) in [5.41, 5.74) is 1.57. The predicted molar refractivity (Wildman–Crippen MR) is 67.5 cm³/mol. The molecule has 1 aliphatic carbocycles. The van der Waals surface area contributed by atoms with Crippen LogP contribution in [0.4, 0.5) is 0 Å². The molecule has 1 heterocycles. The second-order valence-corrected chi connectivity index (χ2v) is 5.31. The third-order valence-corrected chi connectivity index (χ3v) is 4.43. The van der Waals surface area contributed by atoms with Crippen LogP contribution < -0.4 is 5.32 Å². The highest BCUT2D eigenvalue weighted by Crippen LogP contribution is 2.40. The van der Waals surface area contributed by atoms with Crippen molar-refractivity contribution in [3.63, 3.8) is 0 Å². The maximum atomic E-state index is 3.72. The Morgan fingerprint density at radius 1 is 0.938 bits per heavy atom. The van der Waals surface area contributed by atoms with Gasteiger partial charge in [0.05, 0.1) is 0 Å². The fourth-order valence-electron chi connectivity index (χ4n) is 3.65. The summed E-state index contributed by atoms with van der Waals surface area (Å²) in [6.45, 7) is 1.21. The minimum Gasteiger partial charge on any atom is -0.314 e. The van der Waals surface area contributed by atoms with Crippen molar-refractivity contribution in [2.24, 2.45) is 5.92 Å². The standard InChI is InChI=1S/C15H21N/c1-2-6-12(7-3-1)13-10-11-16-15-9-5-4-8-14(13)15/h1-3,6-7,13-16H,4-5,8-11H2. The average molecular weight is 215 g/mol. The van der Waals surface area contributed by atoms with Crippen LogP contribution >= 0.6 is 0 Å². The van der Waals surface area contributed by atoms with Gasteiger partial charge in [0.2, 0.25) is 0 Å². The van der Waals surface area contributed by atoms with E-state index in [0.29, 0.717) is 0 Å². The Labute approximate surface area is 98.3 Å². The molecule has 3 atom stereocenters. The van der Waals surface area contributed by atoms with Crippen molar-refractivity contribution in [2.45, 2.75) is 44.1 Å². The van der Waals surface area contributed by atoms with Gasteiger partial charge < -0.3 is 5.32 Å². The Hall–Kier alpha value is -0.820. The van der Waals surface area contributed by atoms with Gasteiger partial charge in [-0.25, -0.2) is 0 Å². The van der Waals surface area contributed by atoms with E-state index >= 15 is 0 Å². The first-order valence-corrected chi connectivity index (χ1v) is 6.73. The number of rotatable bonds is 1. The summed E-state index contributed by atoms with van der Waals surface area (Å²) in [6, 6.07) is 11.9. The van der Waals surface area contributed by atoms with Gasteiger partial charge in [0.25, 0.3) is 0 Å². The normalized spacial score (nSPS) is 34.4. The third kappa shape index (κ3) is 1.89. The van der Waals surface area contributed by atoms with Crippen LogP contribution in [0.5, 0.6) is 0 Å². The Morgan fingerprint density at radius 3 is 2.62 bits per heavy atom. The largest absolute Gasteiger partial charge is 0.314 e. The van der Waals surface area contributed by atoms with Crippen LogP contribution in [0.15, 0.2) is 30.3 Å². The van der Waals surface area contributed by atoms with Crippen LogP contribution in [0, 0.1) is 5.92 Å². The Kier molecular flexibility index (Phi) is 2.96. The molecular formula is C15H21N. The second-order valence-electron chi connectivity index (χ2n) is 5.31. The molecule has 86 valence electrons. The van der Waals surface area contributed by atoms with E-state index in [4.69, 9.17) is 0 Å². The molecule has 1 aromatic rings. The van der Waals surface area contributed by atoms with Crippen LogP contribution in [0.2, 0.25) is 0 Å². The van der Waals surface area contributed by atoms with E-state index < -0.39 is 0 Å². The third-order valence-electron chi connectivity index (χ3n) is 4.43. The number of fused-ring (bicyclic) bond motifs is 1. The Bertz CT molecular complexity index is 331. The molecule has 0 bridgehead atoms. The number of benzene rings is 1. The molecule has 2 fully saturated rings. The van der Waals surface area contributed by atoms with Gasteiger partial charge in [-0.05, 0) is 43.2 Å². The first-order valence-electron chi connectivity index (χ1n) is 6.73. The van der Waals surface area contributed by atoms with Gasteiger partial charge in [0, 0.05) is 6.04 Å². The minimum absolute atomic E-state index is 0.799. The first kappa shape index (κ1) is 10.3. The van der Waals surface area contributed by atoms with Crippen LogP contribution in [0.1, 0.15) is 43.6 Å². The molecule has 1 saturated carbocycles. The van der Waals surface area contributed by atoms with Gasteiger partial charge in [0.15, 0.2) is 0 Å². The predicted octanol–water partition coefficient (Wildman–Crippen LogP) is 3.32. The maximum Gasteiger partial charge on any atom is 0.0101 e. The summed E-state index contributed by atoms with van der Waals surface area (Å²) in [6.07, 6.45) is 7.01. The van der Waals surface area contributed by atoms with E-state index in [1.807, 2.05) is 0 Å². The first-order chi connectivity index (χ1) is 7.95. The van der Waals surface area contributed by atoms with Gasteiger partial charge in [-0.2, -0.15) is 0 Å². The highest BCUT2D eigenvalue weighted by molar-refractivity contribution is 5.22. The smallest absolute Gasteiger partial charge is 0.0101 e. The lowest BCUT2D eigenvalue weighted by molar-refractivity contribution is 0.183. The van der Waals surface area contributed by atoms with Crippen molar-refractivity contribution >= 4 is 0 Å². The van der Waals surface area contributed by atoms with Crippen LogP contribution in [0.3, 0.4) is 0 Å². The van der Waals surface area contributed by atoms with E-state index in [2.05, 4.69) is 35.6 Å². The van der Waals surface area contributed by atoms with E-state index in [1.165, 1.54) is 38.6 Å². The zero-order valence-electron chi connectivity index (χ0n) is 9.86. The van der Waals surface area contributed by atoms with Crippen molar-refractivity contribution in [2.75, 3.05) is 6.54 Å². The molecule has 1 aromatic carbocycles. The number of nitrogens with one attached hydrogen (secondary N) is 1. The highest BCUT2D eigenvalue weighted by Gasteiger charge is 2.35. The Morgan fingerprint density at radius 2 is 1.75 bits per heavy atom. The monoisotopic (exact) mass is 215 g/mol. The van der Waals surface area contributed by atoms with Gasteiger partial charge in [-0.3, -0.25) is 0 Å². The number of hydrogen-bond donors (Lipinski definition) is 1. The summed E-state index contributed by atoms with van der Waals surface area (Å²) in [4.78, 5) is 0. The minimum atomic E-state index is 0.799. The van der Waals surface area contributed by atoms with E-state index in [0.717, 1.165) is 17.9 Å². The van der Waals surface area contributed by atoms with Crippen molar-refractivity contribution < 1.29 is 0 Å². The lowest BCUT2D eigenvalue weighted by Crippen LogP contribution is -2.46. The van der Waals surface area contributed by atoms with E-state index in [1.54, 1.807) is 5.56 Å². The summed E-state index contributed by atoms with van der Waals surface area (Å²) in [5.74, 6) is 1.71. The molecule has 1 saturated heterocycles. The summed E-state index contributed by atoms with van der Waals surface area (Å²) in [7, 11) is 0. The molecule has 1 nitrogen and oxygen atoms in total. The van der Waals surface area contributed by atoms with E-state index in [9.17, 15) is 0 Å². The molecule has 16 heavy (non-hydrogen) atoms. The van der Waals surface area contributed by atoms with Gasteiger partial charge >= 0.3 is 0 Å².